The van der Waals surface area contributed by atoms with E-state index in [-0.39, 0.29) is 0 Å². The van der Waals surface area contributed by atoms with Gasteiger partial charge in [-0.2, -0.15) is 5.10 Å². The Morgan fingerprint density at radius 1 is 1.38 bits per heavy atom. The van der Waals surface area contributed by atoms with Gasteiger partial charge in [0.2, 0.25) is 5.95 Å². The van der Waals surface area contributed by atoms with Crippen molar-refractivity contribution in [2.75, 3.05) is 12.8 Å². The van der Waals surface area contributed by atoms with Crippen molar-refractivity contribution in [1.82, 2.24) is 19.3 Å². The molecule has 0 saturated heterocycles. The number of ether oxygens (including phenoxy) is 1. The van der Waals surface area contributed by atoms with Gasteiger partial charge in [-0.1, -0.05) is 6.92 Å². The first kappa shape index (κ1) is 13.9. The van der Waals surface area contributed by atoms with Crippen molar-refractivity contribution in [1.29, 1.82) is 0 Å². The van der Waals surface area contributed by atoms with Crippen LogP contribution >= 0.6 is 15.9 Å². The summed E-state index contributed by atoms with van der Waals surface area (Å²) in [4.78, 5) is 4.47. The lowest BCUT2D eigenvalue weighted by Crippen LogP contribution is -2.06. The van der Waals surface area contributed by atoms with E-state index in [9.17, 15) is 0 Å². The Bertz CT molecular complexity index is 820. The maximum absolute atomic E-state index is 6.13. The van der Waals surface area contributed by atoms with Crippen LogP contribution in [0, 0.1) is 0 Å². The largest absolute Gasteiger partial charge is 0.497 e. The summed E-state index contributed by atoms with van der Waals surface area (Å²) in [5.74, 6) is 1.19. The number of fused-ring (bicyclic) bond motifs is 1. The van der Waals surface area contributed by atoms with Crippen LogP contribution in [0.5, 0.6) is 5.75 Å². The van der Waals surface area contributed by atoms with Crippen LogP contribution in [0.25, 0.3) is 16.9 Å². The molecular formula is C14H16BrN5O. The minimum absolute atomic E-state index is 0.432. The fourth-order valence-corrected chi connectivity index (χ4v) is 2.89. The van der Waals surface area contributed by atoms with Gasteiger partial charge in [0.15, 0.2) is 5.65 Å². The van der Waals surface area contributed by atoms with Crippen LogP contribution in [0.3, 0.4) is 0 Å². The third-order valence-corrected chi connectivity index (χ3v) is 4.13. The number of imidazole rings is 1. The van der Waals surface area contributed by atoms with Crippen LogP contribution in [-0.2, 0) is 13.5 Å². The number of aromatic nitrogens is 4. The SMILES string of the molecule is CCc1nn(C)c2c1nc(N)n2-c1cc(OC)ccc1Br. The molecule has 2 heterocycles. The highest BCUT2D eigenvalue weighted by atomic mass is 79.9. The molecule has 6 nitrogen and oxygen atoms in total. The Morgan fingerprint density at radius 3 is 2.81 bits per heavy atom. The van der Waals surface area contributed by atoms with Crippen molar-refractivity contribution in [3.05, 3.63) is 28.4 Å². The molecule has 21 heavy (non-hydrogen) atoms. The number of halogens is 1. The quantitative estimate of drug-likeness (QED) is 0.788. The van der Waals surface area contributed by atoms with Crippen LogP contribution in [0.4, 0.5) is 5.95 Å². The molecule has 0 aliphatic rings. The molecule has 0 unspecified atom stereocenters. The fourth-order valence-electron chi connectivity index (χ4n) is 2.46. The molecule has 0 aliphatic carbocycles. The number of hydrogen-bond acceptors (Lipinski definition) is 4. The summed E-state index contributed by atoms with van der Waals surface area (Å²) in [6.45, 7) is 2.05. The van der Waals surface area contributed by atoms with E-state index in [1.807, 2.05) is 34.5 Å². The van der Waals surface area contributed by atoms with Crippen molar-refractivity contribution in [3.63, 3.8) is 0 Å². The highest BCUT2D eigenvalue weighted by molar-refractivity contribution is 9.10. The topological polar surface area (TPSA) is 70.9 Å². The zero-order valence-electron chi connectivity index (χ0n) is 12.1. The number of anilines is 1. The molecule has 2 N–H and O–H groups in total. The third-order valence-electron chi connectivity index (χ3n) is 3.46. The molecule has 7 heteroatoms. The van der Waals surface area contributed by atoms with Crippen LogP contribution < -0.4 is 10.5 Å². The predicted octanol–water partition coefficient (Wildman–Crippen LogP) is 2.67. The minimum atomic E-state index is 0.432. The predicted molar refractivity (Wildman–Crippen MR) is 85.9 cm³/mol. The number of nitrogens with zero attached hydrogens (tertiary/aromatic N) is 4. The summed E-state index contributed by atoms with van der Waals surface area (Å²) in [6, 6.07) is 5.73. The van der Waals surface area contributed by atoms with Gasteiger partial charge in [0.1, 0.15) is 11.3 Å². The van der Waals surface area contributed by atoms with Gasteiger partial charge in [0.25, 0.3) is 0 Å². The van der Waals surface area contributed by atoms with Gasteiger partial charge in [0, 0.05) is 17.6 Å². The molecule has 2 aromatic heterocycles. The van der Waals surface area contributed by atoms with Crippen LogP contribution in [0.2, 0.25) is 0 Å². The van der Waals surface area contributed by atoms with E-state index in [1.54, 1.807) is 7.11 Å². The maximum atomic E-state index is 6.13. The van der Waals surface area contributed by atoms with Gasteiger partial charge >= 0.3 is 0 Å². The first-order chi connectivity index (χ1) is 10.1. The Kier molecular flexibility index (Phi) is 3.36. The molecule has 0 aliphatic heterocycles. The van der Waals surface area contributed by atoms with Gasteiger partial charge in [0.05, 0.1) is 18.5 Å². The average Bonchev–Trinajstić information content (AvgIpc) is 2.96. The second kappa shape index (κ2) is 5.07. The van der Waals surface area contributed by atoms with E-state index in [2.05, 4.69) is 32.9 Å². The molecule has 0 spiro atoms. The molecule has 110 valence electrons. The van der Waals surface area contributed by atoms with E-state index in [0.29, 0.717) is 5.95 Å². The van der Waals surface area contributed by atoms with E-state index >= 15 is 0 Å². The van der Waals surface area contributed by atoms with Gasteiger partial charge < -0.3 is 10.5 Å². The minimum Gasteiger partial charge on any atom is -0.497 e. The monoisotopic (exact) mass is 349 g/mol. The number of benzene rings is 1. The third kappa shape index (κ3) is 2.08. The van der Waals surface area contributed by atoms with Gasteiger partial charge in [-0.3, -0.25) is 4.57 Å². The lowest BCUT2D eigenvalue weighted by Gasteiger charge is -2.11. The molecule has 0 fully saturated rings. The summed E-state index contributed by atoms with van der Waals surface area (Å²) < 4.78 is 9.90. The molecule has 0 saturated carbocycles. The van der Waals surface area contributed by atoms with Gasteiger partial charge in [-0.05, 0) is 34.5 Å². The maximum Gasteiger partial charge on any atom is 0.207 e. The lowest BCUT2D eigenvalue weighted by molar-refractivity contribution is 0.414. The second-order valence-corrected chi connectivity index (χ2v) is 5.57. The van der Waals surface area contributed by atoms with Crippen LogP contribution in [0.15, 0.2) is 22.7 Å². The molecule has 0 amide bonds. The summed E-state index contributed by atoms with van der Waals surface area (Å²) in [6.07, 6.45) is 0.813. The summed E-state index contributed by atoms with van der Waals surface area (Å²) >= 11 is 3.56. The fraction of sp³-hybridized carbons (Fsp3) is 0.286. The highest BCUT2D eigenvalue weighted by Gasteiger charge is 2.19. The number of aryl methyl sites for hydroxylation is 2. The molecule has 0 atom stereocenters. The Hall–Kier alpha value is -2.02. The van der Waals surface area contributed by atoms with E-state index in [4.69, 9.17) is 10.5 Å². The van der Waals surface area contributed by atoms with Crippen molar-refractivity contribution < 1.29 is 4.74 Å². The first-order valence-electron chi connectivity index (χ1n) is 6.60. The zero-order chi connectivity index (χ0) is 15.1. The molecular weight excluding hydrogens is 334 g/mol. The average molecular weight is 350 g/mol. The van der Waals surface area contributed by atoms with Gasteiger partial charge in [-0.15, -0.1) is 0 Å². The Morgan fingerprint density at radius 2 is 2.14 bits per heavy atom. The van der Waals surface area contributed by atoms with E-state index < -0.39 is 0 Å². The number of nitrogen functional groups attached to an aromatic ring is 1. The molecule has 0 bridgehead atoms. The number of methoxy groups -OCH3 is 1. The zero-order valence-corrected chi connectivity index (χ0v) is 13.7. The summed E-state index contributed by atoms with van der Waals surface area (Å²) in [5, 5.41) is 4.50. The molecule has 0 radical (unpaired) electrons. The lowest BCUT2D eigenvalue weighted by atomic mass is 10.3. The Labute approximate surface area is 130 Å². The second-order valence-electron chi connectivity index (χ2n) is 4.72. The summed E-state index contributed by atoms with van der Waals surface area (Å²) in [5.41, 5.74) is 9.66. The van der Waals surface area contributed by atoms with Gasteiger partial charge in [-0.25, -0.2) is 9.67 Å². The number of rotatable bonds is 3. The smallest absolute Gasteiger partial charge is 0.207 e. The Balaban J connectivity index is 2.35. The van der Waals surface area contributed by atoms with Crippen LogP contribution in [-0.4, -0.2) is 26.4 Å². The normalized spacial score (nSPS) is 11.2. The summed E-state index contributed by atoms with van der Waals surface area (Å²) in [7, 11) is 3.53. The number of nitrogens with two attached hydrogens (primary N) is 1. The number of hydrogen-bond donors (Lipinski definition) is 1. The van der Waals surface area contributed by atoms with E-state index in [0.717, 1.165) is 39.2 Å². The highest BCUT2D eigenvalue weighted by Crippen LogP contribution is 2.32. The van der Waals surface area contributed by atoms with Crippen molar-refractivity contribution in [2.24, 2.45) is 7.05 Å². The molecule has 1 aromatic carbocycles. The van der Waals surface area contributed by atoms with Crippen molar-refractivity contribution >= 4 is 33.0 Å². The van der Waals surface area contributed by atoms with Crippen molar-refractivity contribution in [2.45, 2.75) is 13.3 Å². The van der Waals surface area contributed by atoms with Crippen molar-refractivity contribution in [3.8, 4) is 11.4 Å². The van der Waals surface area contributed by atoms with Crippen LogP contribution in [0.1, 0.15) is 12.6 Å². The molecule has 3 rings (SSSR count). The standard InChI is InChI=1S/C14H16BrN5O/c1-4-10-12-13(19(2)18-10)20(14(16)17-12)11-7-8(21-3)5-6-9(11)15/h5-7H,4H2,1-3H3,(H2,16,17). The molecule has 3 aromatic rings. The van der Waals surface area contributed by atoms with E-state index in [1.165, 1.54) is 0 Å². The first-order valence-corrected chi connectivity index (χ1v) is 7.39.